The molecule has 1 saturated heterocycles. The molecule has 7 nitrogen and oxygen atoms in total. The summed E-state index contributed by atoms with van der Waals surface area (Å²) in [6.45, 7) is 1.92. The van der Waals surface area contributed by atoms with Crippen molar-refractivity contribution in [2.45, 2.75) is 61.5 Å². The fourth-order valence-electron chi connectivity index (χ4n) is 3.46. The maximum atomic E-state index is 10.3. The van der Waals surface area contributed by atoms with E-state index in [1.165, 1.54) is 30.9 Å². The number of aliphatic hydroxyl groups excluding tert-OH is 2. The van der Waals surface area contributed by atoms with Crippen LogP contribution in [0.15, 0.2) is 12.7 Å². The van der Waals surface area contributed by atoms with E-state index in [-0.39, 0.29) is 10.6 Å². The first-order valence-corrected chi connectivity index (χ1v) is 9.05. The summed E-state index contributed by atoms with van der Waals surface area (Å²) in [6.07, 6.45) is 6.48. The maximum Gasteiger partial charge on any atom is 0.166 e. The Morgan fingerprint density at radius 2 is 1.96 bits per heavy atom. The van der Waals surface area contributed by atoms with Gasteiger partial charge in [0, 0.05) is 11.3 Å². The number of nitrogens with one attached hydrogen (secondary N) is 1. The summed E-state index contributed by atoms with van der Waals surface area (Å²) in [5, 5.41) is 23.5. The number of fused-ring (bicyclic) bond motifs is 1. The molecular weight excluding hydrogens is 314 g/mol. The topological polar surface area (TPSA) is 96.1 Å². The van der Waals surface area contributed by atoms with Crippen molar-refractivity contribution in [1.82, 2.24) is 19.5 Å². The molecule has 4 rings (SSSR count). The Hall–Kier alpha value is -1.38. The molecule has 3 heterocycles. The average molecular weight is 335 g/mol. The number of aromatic nitrogens is 4. The van der Waals surface area contributed by atoms with Gasteiger partial charge >= 0.3 is 0 Å². The van der Waals surface area contributed by atoms with Crippen molar-refractivity contribution in [1.29, 1.82) is 0 Å². The van der Waals surface area contributed by atoms with Crippen LogP contribution in [0.5, 0.6) is 0 Å². The molecule has 2 fully saturated rings. The zero-order valence-electron chi connectivity index (χ0n) is 13.0. The van der Waals surface area contributed by atoms with Crippen LogP contribution in [0.1, 0.15) is 38.0 Å². The molecule has 124 valence electrons. The molecule has 0 aromatic carbocycles. The van der Waals surface area contributed by atoms with Crippen LogP contribution in [0.25, 0.3) is 11.2 Å². The average Bonchev–Trinajstić information content (AvgIpc) is 3.25. The van der Waals surface area contributed by atoms with Crippen molar-refractivity contribution in [2.75, 3.05) is 5.32 Å². The molecule has 0 amide bonds. The van der Waals surface area contributed by atoms with Crippen molar-refractivity contribution in [2.24, 2.45) is 0 Å². The number of rotatable bonds is 3. The minimum atomic E-state index is -0.825. The predicted octanol–water partition coefficient (Wildman–Crippen LogP) is 1.54. The van der Waals surface area contributed by atoms with Gasteiger partial charge in [0.05, 0.1) is 12.4 Å². The van der Waals surface area contributed by atoms with E-state index >= 15 is 0 Å². The number of thioether (sulfide) groups is 1. The highest BCUT2D eigenvalue weighted by atomic mass is 32.2. The summed E-state index contributed by atoms with van der Waals surface area (Å²) >= 11 is 1.54. The number of imidazole rings is 1. The quantitative estimate of drug-likeness (QED) is 0.783. The third-order valence-corrected chi connectivity index (χ3v) is 6.30. The molecule has 3 N–H and O–H groups in total. The van der Waals surface area contributed by atoms with Gasteiger partial charge in [-0.3, -0.25) is 4.57 Å². The Bertz CT molecular complexity index is 702. The van der Waals surface area contributed by atoms with Gasteiger partial charge in [-0.1, -0.05) is 19.8 Å². The molecule has 1 saturated carbocycles. The van der Waals surface area contributed by atoms with Gasteiger partial charge in [-0.2, -0.15) is 0 Å². The van der Waals surface area contributed by atoms with Crippen LogP contribution >= 0.6 is 11.8 Å². The van der Waals surface area contributed by atoms with Crippen molar-refractivity contribution in [3.8, 4) is 0 Å². The lowest BCUT2D eigenvalue weighted by Crippen LogP contribution is -2.30. The first-order valence-electron chi connectivity index (χ1n) is 8.11. The van der Waals surface area contributed by atoms with Gasteiger partial charge in [-0.25, -0.2) is 15.0 Å². The fraction of sp³-hybridized carbons (Fsp3) is 0.667. The van der Waals surface area contributed by atoms with Crippen molar-refractivity contribution in [3.05, 3.63) is 12.7 Å². The van der Waals surface area contributed by atoms with Crippen molar-refractivity contribution < 1.29 is 10.2 Å². The van der Waals surface area contributed by atoms with Gasteiger partial charge in [0.1, 0.15) is 23.3 Å². The third-order valence-electron chi connectivity index (χ3n) is 4.81. The highest BCUT2D eigenvalue weighted by Gasteiger charge is 2.41. The Morgan fingerprint density at radius 3 is 2.65 bits per heavy atom. The lowest BCUT2D eigenvalue weighted by Gasteiger charge is -2.17. The zero-order chi connectivity index (χ0) is 16.0. The van der Waals surface area contributed by atoms with E-state index < -0.39 is 12.2 Å². The summed E-state index contributed by atoms with van der Waals surface area (Å²) in [4.78, 5) is 13.2. The van der Waals surface area contributed by atoms with Crippen LogP contribution in [-0.4, -0.2) is 53.2 Å². The van der Waals surface area contributed by atoms with Crippen LogP contribution in [0.3, 0.4) is 0 Å². The summed E-state index contributed by atoms with van der Waals surface area (Å²) in [5.74, 6) is 0.756. The molecule has 1 aliphatic carbocycles. The number of aliphatic hydroxyl groups is 2. The van der Waals surface area contributed by atoms with Crippen LogP contribution in [0, 0.1) is 0 Å². The van der Waals surface area contributed by atoms with Gasteiger partial charge in [0.25, 0.3) is 0 Å². The summed E-state index contributed by atoms with van der Waals surface area (Å²) in [6, 6.07) is 0.451. The smallest absolute Gasteiger partial charge is 0.166 e. The van der Waals surface area contributed by atoms with E-state index in [0.29, 0.717) is 11.7 Å². The lowest BCUT2D eigenvalue weighted by atomic mass is 10.1. The molecule has 8 heteroatoms. The number of nitrogens with zero attached hydrogens (tertiary/aromatic N) is 4. The van der Waals surface area contributed by atoms with E-state index in [9.17, 15) is 10.2 Å². The van der Waals surface area contributed by atoms with Gasteiger partial charge in [-0.05, 0) is 12.8 Å². The monoisotopic (exact) mass is 335 g/mol. The molecule has 4 atom stereocenters. The Balaban J connectivity index is 1.67. The molecular formula is C15H21N5O2S. The Morgan fingerprint density at radius 1 is 1.17 bits per heavy atom. The van der Waals surface area contributed by atoms with Crippen LogP contribution < -0.4 is 5.32 Å². The number of anilines is 1. The normalized spacial score (nSPS) is 32.0. The third kappa shape index (κ3) is 2.58. The minimum absolute atomic E-state index is 0.0228. The lowest BCUT2D eigenvalue weighted by molar-refractivity contribution is 0.0206. The summed E-state index contributed by atoms with van der Waals surface area (Å²) in [7, 11) is 0. The van der Waals surface area contributed by atoms with E-state index in [1.807, 2.05) is 11.5 Å². The number of hydrogen-bond donors (Lipinski definition) is 3. The van der Waals surface area contributed by atoms with E-state index in [4.69, 9.17) is 0 Å². The molecule has 0 bridgehead atoms. The fourth-order valence-corrected chi connectivity index (χ4v) is 4.83. The van der Waals surface area contributed by atoms with Crippen LogP contribution in [-0.2, 0) is 0 Å². The molecule has 1 aliphatic heterocycles. The van der Waals surface area contributed by atoms with Crippen LogP contribution in [0.4, 0.5) is 5.82 Å². The first-order chi connectivity index (χ1) is 11.1. The largest absolute Gasteiger partial charge is 0.389 e. The Kier molecular flexibility index (Phi) is 3.90. The standard InChI is InChI=1S/C15H21N5O2S/c1-8-11(21)12(22)15(23-8)20-7-18-10-13(16-6-17-14(10)20)19-9-4-2-3-5-9/h6-9,11-12,15,21-22H,2-5H2,1H3,(H,16,17,19)/t8-,11+,12+,15+/m0/s1. The second-order valence-electron chi connectivity index (χ2n) is 6.38. The van der Waals surface area contributed by atoms with Gasteiger partial charge in [0.15, 0.2) is 11.5 Å². The molecule has 0 radical (unpaired) electrons. The maximum absolute atomic E-state index is 10.3. The summed E-state index contributed by atoms with van der Waals surface area (Å²) in [5.41, 5.74) is 1.42. The second kappa shape index (κ2) is 5.92. The zero-order valence-corrected chi connectivity index (χ0v) is 13.8. The summed E-state index contributed by atoms with van der Waals surface area (Å²) < 4.78 is 1.85. The van der Waals surface area contributed by atoms with Gasteiger partial charge in [0.2, 0.25) is 0 Å². The minimum Gasteiger partial charge on any atom is -0.389 e. The second-order valence-corrected chi connectivity index (χ2v) is 7.88. The van der Waals surface area contributed by atoms with Crippen molar-refractivity contribution >= 4 is 28.7 Å². The Labute approximate surface area is 138 Å². The highest BCUT2D eigenvalue weighted by molar-refractivity contribution is 8.00. The first kappa shape index (κ1) is 15.2. The molecule has 2 aliphatic rings. The molecule has 0 unspecified atom stereocenters. The van der Waals surface area contributed by atoms with E-state index in [0.717, 1.165) is 24.2 Å². The molecule has 0 spiro atoms. The van der Waals surface area contributed by atoms with Crippen LogP contribution in [0.2, 0.25) is 0 Å². The van der Waals surface area contributed by atoms with Crippen molar-refractivity contribution in [3.63, 3.8) is 0 Å². The molecule has 2 aromatic heterocycles. The number of hydrogen-bond acceptors (Lipinski definition) is 7. The SMILES string of the molecule is C[C@@H]1S[C@@H](n2cnc3c(NC4CCCC4)ncnc32)[C@H](O)[C@@H]1O. The van der Waals surface area contributed by atoms with E-state index in [2.05, 4.69) is 20.3 Å². The molecule has 2 aromatic rings. The van der Waals surface area contributed by atoms with Gasteiger partial charge < -0.3 is 15.5 Å². The molecule has 23 heavy (non-hydrogen) atoms. The highest BCUT2D eigenvalue weighted by Crippen LogP contribution is 2.42. The predicted molar refractivity (Wildman–Crippen MR) is 89.3 cm³/mol. The van der Waals surface area contributed by atoms with E-state index in [1.54, 1.807) is 6.33 Å². The van der Waals surface area contributed by atoms with Gasteiger partial charge in [-0.15, -0.1) is 11.8 Å².